The lowest BCUT2D eigenvalue weighted by Gasteiger charge is -2.28. The van der Waals surface area contributed by atoms with Gasteiger partial charge in [-0.3, -0.25) is 9.59 Å². The van der Waals surface area contributed by atoms with Crippen molar-refractivity contribution < 1.29 is 19.1 Å². The Hall–Kier alpha value is -2.75. The number of benzene rings is 3. The van der Waals surface area contributed by atoms with E-state index < -0.39 is 37.0 Å². The van der Waals surface area contributed by atoms with E-state index in [-0.39, 0.29) is 5.66 Å². The zero-order valence-corrected chi connectivity index (χ0v) is 25.3. The minimum Gasteiger partial charge on any atom is -0.459 e. The van der Waals surface area contributed by atoms with Crippen LogP contribution in [0.2, 0.25) is 0 Å². The van der Waals surface area contributed by atoms with E-state index in [0.29, 0.717) is 0 Å². The van der Waals surface area contributed by atoms with Crippen LogP contribution < -0.4 is 10.6 Å². The summed E-state index contributed by atoms with van der Waals surface area (Å²) < 4.78 is 12.2. The van der Waals surface area contributed by atoms with Crippen molar-refractivity contribution in [3.8, 4) is 0 Å². The maximum Gasteiger partial charge on any atom is 0.324 e. The van der Waals surface area contributed by atoms with Crippen molar-refractivity contribution >= 4 is 46.4 Å². The molecular formula is C32H36BrO4P. The fraction of sp³-hybridized carbons (Fsp3) is 0.312. The van der Waals surface area contributed by atoms with Crippen LogP contribution in [-0.4, -0.2) is 23.1 Å². The van der Waals surface area contributed by atoms with E-state index in [2.05, 4.69) is 52.3 Å². The first-order valence-electron chi connectivity index (χ1n) is 12.6. The highest BCUT2D eigenvalue weighted by molar-refractivity contribution is 9.10. The lowest BCUT2D eigenvalue weighted by Crippen LogP contribution is -2.36. The fourth-order valence-electron chi connectivity index (χ4n) is 3.85. The number of esters is 2. The molecule has 0 spiro atoms. The molecule has 0 saturated heterocycles. The van der Waals surface area contributed by atoms with Crippen molar-refractivity contribution in [2.24, 2.45) is 5.92 Å². The van der Waals surface area contributed by atoms with E-state index in [0.717, 1.165) is 10.0 Å². The number of ether oxygens (including phenoxy) is 2. The molecule has 3 rings (SSSR count). The lowest BCUT2D eigenvalue weighted by molar-refractivity contribution is -0.171. The molecule has 1 atom stereocenters. The van der Waals surface area contributed by atoms with E-state index in [4.69, 9.17) is 9.47 Å². The highest BCUT2D eigenvalue weighted by Crippen LogP contribution is 2.50. The van der Waals surface area contributed by atoms with Gasteiger partial charge in [-0.15, -0.1) is 0 Å². The standard InChI is InChI=1S/C32H36BrO4P/c1-31(2,3)36-29(34)27(30(35)37-32(4,5)6)21-22-28(23-17-19-24(33)20-18-23)38(25-13-9-7-10-14-25)26-15-11-8-12-16-26/h7-22,27-28H,1-6H3/b22-21+. The Labute approximate surface area is 236 Å². The van der Waals surface area contributed by atoms with Gasteiger partial charge < -0.3 is 9.47 Å². The van der Waals surface area contributed by atoms with Crippen LogP contribution in [0, 0.1) is 5.92 Å². The van der Waals surface area contributed by atoms with Crippen LogP contribution in [0.15, 0.2) is 102 Å². The number of carbonyl (C=O) groups excluding carboxylic acids is 2. The van der Waals surface area contributed by atoms with Gasteiger partial charge in [0.2, 0.25) is 0 Å². The molecule has 0 saturated carbocycles. The van der Waals surface area contributed by atoms with Gasteiger partial charge in [-0.05, 0) is 77.8 Å². The predicted octanol–water partition coefficient (Wildman–Crippen LogP) is 7.48. The predicted molar refractivity (Wildman–Crippen MR) is 160 cm³/mol. The largest absolute Gasteiger partial charge is 0.459 e. The van der Waals surface area contributed by atoms with Gasteiger partial charge in [-0.1, -0.05) is 101 Å². The molecular weight excluding hydrogens is 559 g/mol. The summed E-state index contributed by atoms with van der Waals surface area (Å²) in [5.41, 5.74) is -0.515. The van der Waals surface area contributed by atoms with Crippen molar-refractivity contribution in [1.82, 2.24) is 0 Å². The molecule has 0 heterocycles. The monoisotopic (exact) mass is 594 g/mol. The summed E-state index contributed by atoms with van der Waals surface area (Å²) in [6, 6.07) is 28.9. The molecule has 200 valence electrons. The summed E-state index contributed by atoms with van der Waals surface area (Å²) in [6.07, 6.45) is 3.64. The summed E-state index contributed by atoms with van der Waals surface area (Å²) in [5, 5.41) is 2.38. The quantitative estimate of drug-likeness (QED) is 0.117. The Bertz CT molecular complexity index is 1160. The Morgan fingerprint density at radius 3 is 1.50 bits per heavy atom. The van der Waals surface area contributed by atoms with Crippen molar-refractivity contribution in [1.29, 1.82) is 0 Å². The molecule has 1 unspecified atom stereocenters. The Kier molecular flexibility index (Phi) is 10.1. The van der Waals surface area contributed by atoms with Crippen LogP contribution in [0.5, 0.6) is 0 Å². The number of hydrogen-bond acceptors (Lipinski definition) is 4. The first-order chi connectivity index (χ1) is 17.8. The maximum absolute atomic E-state index is 13.2. The minimum atomic E-state index is -1.19. The molecule has 0 aliphatic carbocycles. The van der Waals surface area contributed by atoms with Crippen LogP contribution in [0.3, 0.4) is 0 Å². The summed E-state index contributed by atoms with van der Waals surface area (Å²) in [6.45, 7) is 10.7. The Morgan fingerprint density at radius 2 is 1.11 bits per heavy atom. The normalized spacial score (nSPS) is 13.1. The van der Waals surface area contributed by atoms with Crippen molar-refractivity contribution in [2.75, 3.05) is 0 Å². The average molecular weight is 596 g/mol. The van der Waals surface area contributed by atoms with Gasteiger partial charge >= 0.3 is 11.9 Å². The van der Waals surface area contributed by atoms with Crippen LogP contribution in [0.25, 0.3) is 0 Å². The van der Waals surface area contributed by atoms with Gasteiger partial charge in [-0.2, -0.15) is 0 Å². The Balaban J connectivity index is 2.14. The van der Waals surface area contributed by atoms with Gasteiger partial charge in [0.25, 0.3) is 0 Å². The van der Waals surface area contributed by atoms with E-state index in [1.807, 2.05) is 54.6 Å². The van der Waals surface area contributed by atoms with Gasteiger partial charge in [0.15, 0.2) is 5.92 Å². The fourth-order valence-corrected chi connectivity index (χ4v) is 6.79. The van der Waals surface area contributed by atoms with E-state index >= 15 is 0 Å². The second-order valence-electron chi connectivity index (χ2n) is 11.0. The van der Waals surface area contributed by atoms with Gasteiger partial charge in [-0.25, -0.2) is 0 Å². The summed E-state index contributed by atoms with van der Waals surface area (Å²) in [4.78, 5) is 26.4. The number of halogens is 1. The molecule has 4 nitrogen and oxygen atoms in total. The lowest BCUT2D eigenvalue weighted by atomic mass is 10.1. The molecule has 0 amide bonds. The Morgan fingerprint density at radius 1 is 0.684 bits per heavy atom. The van der Waals surface area contributed by atoms with Crippen molar-refractivity contribution in [3.05, 3.63) is 107 Å². The molecule has 0 N–H and O–H groups in total. The topological polar surface area (TPSA) is 52.6 Å². The minimum absolute atomic E-state index is 0.115. The SMILES string of the molecule is CC(C)(C)OC(=O)C(/C=C/C(c1ccc(Br)cc1)P(c1ccccc1)c1ccccc1)C(=O)OC(C)(C)C. The van der Waals surface area contributed by atoms with Crippen LogP contribution in [0.1, 0.15) is 52.8 Å². The average Bonchev–Trinajstić information content (AvgIpc) is 2.83. The third kappa shape index (κ3) is 8.92. The first kappa shape index (κ1) is 29.8. The van der Waals surface area contributed by atoms with Gasteiger partial charge in [0.05, 0.1) is 0 Å². The first-order valence-corrected chi connectivity index (χ1v) is 14.8. The van der Waals surface area contributed by atoms with Crippen molar-refractivity contribution in [2.45, 2.75) is 58.4 Å². The summed E-state index contributed by atoms with van der Waals surface area (Å²) in [7, 11) is -0.929. The van der Waals surface area contributed by atoms with E-state index in [9.17, 15) is 9.59 Å². The smallest absolute Gasteiger partial charge is 0.324 e. The highest BCUT2D eigenvalue weighted by atomic mass is 79.9. The molecule has 6 heteroatoms. The summed E-state index contributed by atoms with van der Waals surface area (Å²) >= 11 is 3.54. The molecule has 0 bridgehead atoms. The third-order valence-corrected chi connectivity index (χ3v) is 8.63. The van der Waals surface area contributed by atoms with Gasteiger partial charge in [0, 0.05) is 10.1 Å². The van der Waals surface area contributed by atoms with Crippen LogP contribution in [0.4, 0.5) is 0 Å². The molecule has 3 aromatic rings. The van der Waals surface area contributed by atoms with Crippen LogP contribution in [-0.2, 0) is 19.1 Å². The molecule has 0 aromatic heterocycles. The number of rotatable bonds is 8. The zero-order chi connectivity index (χ0) is 27.9. The number of allylic oxidation sites excluding steroid dienone is 1. The summed E-state index contributed by atoms with van der Waals surface area (Å²) in [5.74, 6) is -2.43. The van der Waals surface area contributed by atoms with E-state index in [1.54, 1.807) is 47.6 Å². The van der Waals surface area contributed by atoms with E-state index in [1.165, 1.54) is 10.6 Å². The molecule has 0 aliphatic rings. The molecule has 38 heavy (non-hydrogen) atoms. The van der Waals surface area contributed by atoms with Crippen molar-refractivity contribution in [3.63, 3.8) is 0 Å². The molecule has 0 aliphatic heterocycles. The maximum atomic E-state index is 13.2. The second kappa shape index (κ2) is 12.9. The highest BCUT2D eigenvalue weighted by Gasteiger charge is 2.34. The zero-order valence-electron chi connectivity index (χ0n) is 22.9. The van der Waals surface area contributed by atoms with Crippen LogP contribution >= 0.6 is 23.9 Å². The molecule has 0 fully saturated rings. The number of hydrogen-bond donors (Lipinski definition) is 0. The third-order valence-electron chi connectivity index (χ3n) is 5.37. The second-order valence-corrected chi connectivity index (χ2v) is 14.2. The molecule has 0 radical (unpaired) electrons. The number of carbonyl (C=O) groups is 2. The molecule has 3 aromatic carbocycles. The van der Waals surface area contributed by atoms with Gasteiger partial charge in [0.1, 0.15) is 11.2 Å².